The van der Waals surface area contributed by atoms with Gasteiger partial charge in [0.25, 0.3) is 0 Å². The van der Waals surface area contributed by atoms with Crippen LogP contribution in [0.1, 0.15) is 24.6 Å². The molecule has 0 aliphatic carbocycles. The third-order valence-corrected chi connectivity index (χ3v) is 5.89. The molecule has 0 spiro atoms. The highest BCUT2D eigenvalue weighted by Crippen LogP contribution is 2.31. The fourth-order valence-corrected chi connectivity index (χ4v) is 3.91. The number of aliphatic imine (C=N–C) groups is 1. The molecule has 0 saturated carbocycles. The molecule has 0 unspecified atom stereocenters. The van der Waals surface area contributed by atoms with Crippen molar-refractivity contribution in [2.45, 2.75) is 20.3 Å². The van der Waals surface area contributed by atoms with Crippen LogP contribution in [0.3, 0.4) is 0 Å². The van der Waals surface area contributed by atoms with Crippen LogP contribution in [0.15, 0.2) is 65.2 Å². The highest BCUT2D eigenvalue weighted by molar-refractivity contribution is 6.31. The standard InChI is InChI=1S/C25H21Cl2FN4O/c1-3-22(29-8-6-16-7-9-30-25(16)33)23-14-24(17-10-18(26)12-19(28)11-17)32(31-23)20-5-4-15(2)21(27)13-20/h3-6,8,10-14H,7,9H2,1-2H3,(H,30,33). The van der Waals surface area contributed by atoms with Gasteiger partial charge in [-0.25, -0.2) is 9.07 Å². The van der Waals surface area contributed by atoms with E-state index in [1.165, 1.54) is 12.1 Å². The Morgan fingerprint density at radius 3 is 2.70 bits per heavy atom. The maximum atomic E-state index is 14.1. The van der Waals surface area contributed by atoms with Crippen LogP contribution in [-0.4, -0.2) is 28.4 Å². The minimum Gasteiger partial charge on any atom is -0.352 e. The van der Waals surface area contributed by atoms with E-state index in [0.717, 1.165) is 11.3 Å². The predicted octanol–water partition coefficient (Wildman–Crippen LogP) is 6.17. The minimum atomic E-state index is -0.445. The largest absolute Gasteiger partial charge is 0.352 e. The summed E-state index contributed by atoms with van der Waals surface area (Å²) >= 11 is 12.5. The van der Waals surface area contributed by atoms with Crippen molar-refractivity contribution in [3.05, 3.63) is 87.3 Å². The average Bonchev–Trinajstić information content (AvgIpc) is 3.39. The van der Waals surface area contributed by atoms with E-state index in [2.05, 4.69) is 10.3 Å². The van der Waals surface area contributed by atoms with Crippen LogP contribution < -0.4 is 5.32 Å². The van der Waals surface area contributed by atoms with Crippen molar-refractivity contribution < 1.29 is 9.18 Å². The summed E-state index contributed by atoms with van der Waals surface area (Å²) in [6.07, 6.45) is 5.79. The number of aryl methyl sites for hydroxylation is 1. The summed E-state index contributed by atoms with van der Waals surface area (Å²) in [4.78, 5) is 16.2. The molecule has 0 atom stereocenters. The van der Waals surface area contributed by atoms with E-state index in [9.17, 15) is 9.18 Å². The van der Waals surface area contributed by atoms with Crippen molar-refractivity contribution in [2.75, 3.05) is 6.54 Å². The van der Waals surface area contributed by atoms with Gasteiger partial charge < -0.3 is 5.32 Å². The Bertz CT molecular complexity index is 1300. The van der Waals surface area contributed by atoms with E-state index in [-0.39, 0.29) is 10.9 Å². The zero-order valence-corrected chi connectivity index (χ0v) is 19.6. The van der Waals surface area contributed by atoms with Crippen molar-refractivity contribution in [3.8, 4) is 16.9 Å². The summed E-state index contributed by atoms with van der Waals surface area (Å²) < 4.78 is 15.8. The number of allylic oxidation sites excluding steroid dienone is 2. The summed E-state index contributed by atoms with van der Waals surface area (Å²) in [6, 6.07) is 11.8. The summed E-state index contributed by atoms with van der Waals surface area (Å²) in [7, 11) is 0. The minimum absolute atomic E-state index is 0.0747. The lowest BCUT2D eigenvalue weighted by Crippen LogP contribution is -2.14. The number of benzene rings is 2. The smallest absolute Gasteiger partial charge is 0.247 e. The first kappa shape index (κ1) is 23.0. The number of carbonyl (C=O) groups excluding carboxylic acids is 1. The van der Waals surface area contributed by atoms with Gasteiger partial charge in [0.1, 0.15) is 11.5 Å². The lowest BCUT2D eigenvalue weighted by molar-refractivity contribution is -0.116. The van der Waals surface area contributed by atoms with E-state index in [1.807, 2.05) is 38.1 Å². The highest BCUT2D eigenvalue weighted by Gasteiger charge is 2.17. The highest BCUT2D eigenvalue weighted by atomic mass is 35.5. The number of halogens is 3. The molecule has 1 aromatic heterocycles. The first-order chi connectivity index (χ1) is 15.9. The third-order valence-electron chi connectivity index (χ3n) is 5.26. The zero-order chi connectivity index (χ0) is 23.5. The lowest BCUT2D eigenvalue weighted by atomic mass is 10.1. The Morgan fingerprint density at radius 2 is 2.03 bits per heavy atom. The van der Waals surface area contributed by atoms with Crippen molar-refractivity contribution >= 4 is 41.0 Å². The van der Waals surface area contributed by atoms with Gasteiger partial charge in [0, 0.05) is 33.9 Å². The van der Waals surface area contributed by atoms with Crippen LogP contribution in [0.2, 0.25) is 10.0 Å². The second-order valence-corrected chi connectivity index (χ2v) is 8.41. The number of hydrogen-bond acceptors (Lipinski definition) is 3. The number of hydrogen-bond donors (Lipinski definition) is 1. The van der Waals surface area contributed by atoms with E-state index in [4.69, 9.17) is 28.3 Å². The molecule has 0 bridgehead atoms. The van der Waals surface area contributed by atoms with Crippen LogP contribution in [0.5, 0.6) is 0 Å². The fourth-order valence-electron chi connectivity index (χ4n) is 3.52. The Morgan fingerprint density at radius 1 is 1.21 bits per heavy atom. The summed E-state index contributed by atoms with van der Waals surface area (Å²) in [6.45, 7) is 4.40. The van der Waals surface area contributed by atoms with Gasteiger partial charge in [-0.05, 0) is 68.3 Å². The normalized spacial score (nSPS) is 15.6. The summed E-state index contributed by atoms with van der Waals surface area (Å²) in [5.41, 5.74) is 4.72. The van der Waals surface area contributed by atoms with Gasteiger partial charge in [-0.2, -0.15) is 5.10 Å². The summed E-state index contributed by atoms with van der Waals surface area (Å²) in [5, 5.41) is 8.38. The predicted molar refractivity (Wildman–Crippen MR) is 132 cm³/mol. The lowest BCUT2D eigenvalue weighted by Gasteiger charge is -2.09. The van der Waals surface area contributed by atoms with Gasteiger partial charge in [0.05, 0.1) is 17.1 Å². The van der Waals surface area contributed by atoms with Crippen LogP contribution in [0, 0.1) is 12.7 Å². The van der Waals surface area contributed by atoms with Crippen molar-refractivity contribution in [1.82, 2.24) is 15.1 Å². The van der Waals surface area contributed by atoms with Crippen LogP contribution in [0.25, 0.3) is 22.6 Å². The van der Waals surface area contributed by atoms with E-state index in [1.54, 1.807) is 29.1 Å². The number of nitrogens with zero attached hydrogens (tertiary/aromatic N) is 3. The molecule has 2 heterocycles. The SMILES string of the molecule is CC=C(N=CC=C1CCNC1=O)c1cc(-c2cc(F)cc(Cl)c2)n(-c2ccc(C)c(Cl)c2)n1. The second-order valence-electron chi connectivity index (χ2n) is 7.57. The topological polar surface area (TPSA) is 59.3 Å². The third kappa shape index (κ3) is 5.07. The van der Waals surface area contributed by atoms with Gasteiger partial charge >= 0.3 is 0 Å². The first-order valence-corrected chi connectivity index (χ1v) is 11.1. The number of rotatable bonds is 5. The molecule has 168 valence electrons. The Labute approximate surface area is 201 Å². The van der Waals surface area contributed by atoms with Crippen LogP contribution >= 0.6 is 23.2 Å². The van der Waals surface area contributed by atoms with Crippen molar-refractivity contribution in [3.63, 3.8) is 0 Å². The van der Waals surface area contributed by atoms with Crippen molar-refractivity contribution in [2.24, 2.45) is 4.99 Å². The maximum Gasteiger partial charge on any atom is 0.247 e. The molecule has 1 N–H and O–H groups in total. The molecule has 1 fully saturated rings. The van der Waals surface area contributed by atoms with Gasteiger partial charge in [0.15, 0.2) is 0 Å². The molecule has 1 aliphatic rings. The molecule has 1 saturated heterocycles. The Hall–Kier alpha value is -3.22. The van der Waals surface area contributed by atoms with E-state index in [0.29, 0.717) is 46.2 Å². The van der Waals surface area contributed by atoms with Crippen molar-refractivity contribution in [1.29, 1.82) is 0 Å². The average molecular weight is 483 g/mol. The molecule has 3 aromatic rings. The van der Waals surface area contributed by atoms with E-state index < -0.39 is 5.82 Å². The van der Waals surface area contributed by atoms with Gasteiger partial charge in [-0.3, -0.25) is 9.79 Å². The number of aromatic nitrogens is 2. The zero-order valence-electron chi connectivity index (χ0n) is 18.1. The van der Waals surface area contributed by atoms with Crippen LogP contribution in [-0.2, 0) is 4.79 Å². The fraction of sp³-hybridized carbons (Fsp3) is 0.160. The molecule has 1 aliphatic heterocycles. The summed E-state index contributed by atoms with van der Waals surface area (Å²) in [5.74, 6) is -0.520. The quantitative estimate of drug-likeness (QED) is 0.349. The van der Waals surface area contributed by atoms with Gasteiger partial charge in [0.2, 0.25) is 5.91 Å². The molecule has 5 nitrogen and oxygen atoms in total. The maximum absolute atomic E-state index is 14.1. The Kier molecular flexibility index (Phi) is 6.77. The van der Waals surface area contributed by atoms with Gasteiger partial charge in [-0.15, -0.1) is 0 Å². The molecular formula is C25H21Cl2FN4O. The molecule has 1 amide bonds. The Balaban J connectivity index is 1.79. The van der Waals surface area contributed by atoms with Crippen LogP contribution in [0.4, 0.5) is 4.39 Å². The molecule has 2 aromatic carbocycles. The molecule has 4 rings (SSSR count). The van der Waals surface area contributed by atoms with E-state index >= 15 is 0 Å². The molecular weight excluding hydrogens is 462 g/mol. The second kappa shape index (κ2) is 9.73. The number of nitrogens with one attached hydrogen (secondary N) is 1. The first-order valence-electron chi connectivity index (χ1n) is 10.4. The number of carbonyl (C=O) groups is 1. The monoisotopic (exact) mass is 482 g/mol. The molecule has 0 radical (unpaired) electrons. The molecule has 33 heavy (non-hydrogen) atoms. The number of amides is 1. The molecule has 8 heteroatoms. The van der Waals surface area contributed by atoms with Gasteiger partial charge in [-0.1, -0.05) is 35.3 Å².